The van der Waals surface area contributed by atoms with E-state index in [4.69, 9.17) is 13.9 Å². The van der Waals surface area contributed by atoms with Gasteiger partial charge in [0.1, 0.15) is 18.7 Å². The standard InChI is InChI=1S/C21H22FNO6/c1-2-27-21(26)15-4-3-9-23(11-15)20(25)18-10-17(24)19(13-29-18)28-12-14-5-7-16(22)8-6-14/h5-8,10,13,15H,2-4,9,11-12H2,1H3. The minimum Gasteiger partial charge on any atom is -0.482 e. The third kappa shape index (κ3) is 5.22. The Kier molecular flexibility index (Phi) is 6.64. The van der Waals surface area contributed by atoms with Gasteiger partial charge in [-0.15, -0.1) is 0 Å². The molecule has 1 aliphatic rings. The zero-order valence-electron chi connectivity index (χ0n) is 16.1. The largest absolute Gasteiger partial charge is 0.482 e. The lowest BCUT2D eigenvalue weighted by atomic mass is 9.98. The van der Waals surface area contributed by atoms with Crippen molar-refractivity contribution in [3.05, 3.63) is 64.0 Å². The number of hydrogen-bond donors (Lipinski definition) is 0. The summed E-state index contributed by atoms with van der Waals surface area (Å²) in [5.74, 6) is -1.68. The van der Waals surface area contributed by atoms with E-state index in [1.165, 1.54) is 17.0 Å². The van der Waals surface area contributed by atoms with Gasteiger partial charge in [0.15, 0.2) is 5.76 Å². The average molecular weight is 403 g/mol. The van der Waals surface area contributed by atoms with Crippen LogP contribution in [0.3, 0.4) is 0 Å². The minimum absolute atomic E-state index is 0.0473. The van der Waals surface area contributed by atoms with Crippen LogP contribution in [0, 0.1) is 11.7 Å². The van der Waals surface area contributed by atoms with Crippen molar-refractivity contribution in [3.8, 4) is 5.75 Å². The van der Waals surface area contributed by atoms with Gasteiger partial charge in [-0.05, 0) is 37.5 Å². The molecule has 7 nitrogen and oxygen atoms in total. The van der Waals surface area contributed by atoms with Crippen LogP contribution in [0.5, 0.6) is 5.75 Å². The Morgan fingerprint density at radius 3 is 2.72 bits per heavy atom. The molecule has 3 rings (SSSR count). The highest BCUT2D eigenvalue weighted by Crippen LogP contribution is 2.20. The van der Waals surface area contributed by atoms with Crippen molar-refractivity contribution in [2.75, 3.05) is 19.7 Å². The molecule has 1 amide bonds. The first-order chi connectivity index (χ1) is 14.0. The molecule has 29 heavy (non-hydrogen) atoms. The van der Waals surface area contributed by atoms with Crippen LogP contribution in [0.15, 0.2) is 45.8 Å². The lowest BCUT2D eigenvalue weighted by Crippen LogP contribution is -2.43. The summed E-state index contributed by atoms with van der Waals surface area (Å²) in [7, 11) is 0. The fourth-order valence-corrected chi connectivity index (χ4v) is 3.13. The number of carbonyl (C=O) groups is 2. The number of halogens is 1. The first-order valence-electron chi connectivity index (χ1n) is 9.44. The molecule has 1 atom stereocenters. The predicted octanol–water partition coefficient (Wildman–Crippen LogP) is 2.77. The molecule has 154 valence electrons. The molecule has 1 fully saturated rings. The van der Waals surface area contributed by atoms with Crippen LogP contribution < -0.4 is 10.2 Å². The van der Waals surface area contributed by atoms with E-state index in [-0.39, 0.29) is 49.0 Å². The second kappa shape index (κ2) is 9.36. The Morgan fingerprint density at radius 2 is 2.03 bits per heavy atom. The fourth-order valence-electron chi connectivity index (χ4n) is 3.13. The molecular weight excluding hydrogens is 381 g/mol. The van der Waals surface area contributed by atoms with Gasteiger partial charge < -0.3 is 18.8 Å². The van der Waals surface area contributed by atoms with Crippen LogP contribution in [-0.2, 0) is 16.1 Å². The Hall–Kier alpha value is -3.16. The highest BCUT2D eigenvalue weighted by atomic mass is 19.1. The monoisotopic (exact) mass is 403 g/mol. The molecule has 0 N–H and O–H groups in total. The number of hydrogen-bond acceptors (Lipinski definition) is 6. The maximum absolute atomic E-state index is 12.9. The van der Waals surface area contributed by atoms with Crippen LogP contribution in [0.4, 0.5) is 4.39 Å². The molecule has 1 saturated heterocycles. The van der Waals surface area contributed by atoms with Crippen LogP contribution >= 0.6 is 0 Å². The second-order valence-corrected chi connectivity index (χ2v) is 6.73. The highest BCUT2D eigenvalue weighted by molar-refractivity contribution is 5.91. The van der Waals surface area contributed by atoms with Gasteiger partial charge >= 0.3 is 5.97 Å². The van der Waals surface area contributed by atoms with Crippen molar-refractivity contribution in [2.45, 2.75) is 26.4 Å². The number of amides is 1. The zero-order valence-corrected chi connectivity index (χ0v) is 16.1. The molecule has 0 aliphatic carbocycles. The van der Waals surface area contributed by atoms with Crippen molar-refractivity contribution < 1.29 is 27.9 Å². The predicted molar refractivity (Wildman–Crippen MR) is 101 cm³/mol. The quantitative estimate of drug-likeness (QED) is 0.690. The number of carbonyl (C=O) groups excluding carboxylic acids is 2. The van der Waals surface area contributed by atoms with Gasteiger partial charge in [-0.2, -0.15) is 0 Å². The Bertz CT molecular complexity index is 924. The molecule has 2 aromatic rings. The van der Waals surface area contributed by atoms with Gasteiger partial charge in [-0.1, -0.05) is 12.1 Å². The molecule has 1 aromatic carbocycles. The summed E-state index contributed by atoms with van der Waals surface area (Å²) < 4.78 is 28.7. The van der Waals surface area contributed by atoms with Crippen LogP contribution in [0.25, 0.3) is 0 Å². The molecule has 0 saturated carbocycles. The van der Waals surface area contributed by atoms with E-state index >= 15 is 0 Å². The van der Waals surface area contributed by atoms with Crippen molar-refractivity contribution >= 4 is 11.9 Å². The third-order valence-corrected chi connectivity index (χ3v) is 4.64. The zero-order chi connectivity index (χ0) is 20.8. The summed E-state index contributed by atoms with van der Waals surface area (Å²) in [4.78, 5) is 38.4. The van der Waals surface area contributed by atoms with Gasteiger partial charge in [0.05, 0.1) is 12.5 Å². The Labute approximate surface area is 167 Å². The van der Waals surface area contributed by atoms with E-state index in [9.17, 15) is 18.8 Å². The molecule has 0 spiro atoms. The maximum atomic E-state index is 12.9. The number of benzene rings is 1. The van der Waals surface area contributed by atoms with Crippen molar-refractivity contribution in [3.63, 3.8) is 0 Å². The van der Waals surface area contributed by atoms with E-state index < -0.39 is 11.3 Å². The number of piperidine rings is 1. The van der Waals surface area contributed by atoms with Gasteiger partial charge in [-0.25, -0.2) is 4.39 Å². The Balaban J connectivity index is 1.64. The molecule has 2 heterocycles. The van der Waals surface area contributed by atoms with E-state index in [1.54, 1.807) is 19.1 Å². The normalized spacial score (nSPS) is 16.3. The summed E-state index contributed by atoms with van der Waals surface area (Å²) in [6, 6.07) is 6.77. The molecular formula is C21H22FNO6. The summed E-state index contributed by atoms with van der Waals surface area (Å²) in [5.41, 5.74) is 0.185. The fraction of sp³-hybridized carbons (Fsp3) is 0.381. The second-order valence-electron chi connectivity index (χ2n) is 6.73. The smallest absolute Gasteiger partial charge is 0.310 e. The first kappa shape index (κ1) is 20.6. The molecule has 0 bridgehead atoms. The topological polar surface area (TPSA) is 86.0 Å². The van der Waals surface area contributed by atoms with E-state index in [0.717, 1.165) is 12.3 Å². The number of nitrogens with zero attached hydrogens (tertiary/aromatic N) is 1. The SMILES string of the molecule is CCOC(=O)C1CCCN(C(=O)c2cc(=O)c(OCc3ccc(F)cc3)co2)C1. The van der Waals surface area contributed by atoms with Crippen LogP contribution in [-0.4, -0.2) is 36.5 Å². The number of likely N-dealkylation sites (tertiary alicyclic amines) is 1. The first-order valence-corrected chi connectivity index (χ1v) is 9.44. The molecule has 8 heteroatoms. The van der Waals surface area contributed by atoms with E-state index in [2.05, 4.69) is 0 Å². The Morgan fingerprint density at radius 1 is 1.28 bits per heavy atom. The number of esters is 1. The van der Waals surface area contributed by atoms with Gasteiger partial charge in [-0.3, -0.25) is 14.4 Å². The number of rotatable bonds is 6. The van der Waals surface area contributed by atoms with E-state index in [0.29, 0.717) is 24.9 Å². The van der Waals surface area contributed by atoms with Crippen LogP contribution in [0.1, 0.15) is 35.9 Å². The third-order valence-electron chi connectivity index (χ3n) is 4.64. The highest BCUT2D eigenvalue weighted by Gasteiger charge is 2.30. The van der Waals surface area contributed by atoms with Gasteiger partial charge in [0.25, 0.3) is 5.91 Å². The summed E-state index contributed by atoms with van der Waals surface area (Å²) in [6.45, 7) is 2.78. The van der Waals surface area contributed by atoms with Crippen molar-refractivity contribution in [1.29, 1.82) is 0 Å². The van der Waals surface area contributed by atoms with Crippen LogP contribution in [0.2, 0.25) is 0 Å². The summed E-state index contributed by atoms with van der Waals surface area (Å²) in [6.07, 6.45) is 2.41. The molecule has 1 aliphatic heterocycles. The minimum atomic E-state index is -0.499. The van der Waals surface area contributed by atoms with Crippen molar-refractivity contribution in [2.24, 2.45) is 5.92 Å². The van der Waals surface area contributed by atoms with Gasteiger partial charge in [0.2, 0.25) is 11.2 Å². The van der Waals surface area contributed by atoms with Gasteiger partial charge in [0, 0.05) is 19.2 Å². The molecule has 1 unspecified atom stereocenters. The lowest BCUT2D eigenvalue weighted by Gasteiger charge is -2.31. The van der Waals surface area contributed by atoms with E-state index in [1.807, 2.05) is 0 Å². The van der Waals surface area contributed by atoms with Crippen molar-refractivity contribution in [1.82, 2.24) is 4.90 Å². The maximum Gasteiger partial charge on any atom is 0.310 e. The summed E-state index contributed by atoms with van der Waals surface area (Å²) in [5, 5.41) is 0. The summed E-state index contributed by atoms with van der Waals surface area (Å²) >= 11 is 0. The average Bonchev–Trinajstić information content (AvgIpc) is 2.73. The number of ether oxygens (including phenoxy) is 2. The molecule has 0 radical (unpaired) electrons. The lowest BCUT2D eigenvalue weighted by molar-refractivity contribution is -0.149. The molecule has 1 aromatic heterocycles.